The number of anilines is 1. The number of ether oxygens (including phenoxy) is 2. The zero-order valence-corrected chi connectivity index (χ0v) is 17.5. The molecule has 0 aliphatic heterocycles. The average molecular weight is 421 g/mol. The summed E-state index contributed by atoms with van der Waals surface area (Å²) in [4.78, 5) is 36.8. The summed E-state index contributed by atoms with van der Waals surface area (Å²) < 4.78 is 10.0. The third-order valence-corrected chi connectivity index (χ3v) is 5.55. The van der Waals surface area contributed by atoms with Crippen molar-refractivity contribution in [1.82, 2.24) is 0 Å². The fraction of sp³-hybridized carbons (Fsp3) is 0.350. The van der Waals surface area contributed by atoms with Crippen molar-refractivity contribution >= 4 is 34.1 Å². The highest BCUT2D eigenvalue weighted by molar-refractivity contribution is 7.18. The lowest BCUT2D eigenvalue weighted by Crippen LogP contribution is -2.86. The molecule has 0 saturated heterocycles. The van der Waals surface area contributed by atoms with Gasteiger partial charge in [0.05, 0.1) is 17.0 Å². The van der Waals surface area contributed by atoms with Crippen LogP contribution in [0.1, 0.15) is 44.1 Å². The second-order valence-electron chi connectivity index (χ2n) is 6.44. The van der Waals surface area contributed by atoms with Crippen LogP contribution in [0.2, 0.25) is 0 Å². The van der Waals surface area contributed by atoms with Crippen molar-refractivity contribution < 1.29 is 29.2 Å². The zero-order chi connectivity index (χ0) is 21.4. The van der Waals surface area contributed by atoms with E-state index < -0.39 is 11.9 Å². The first-order chi connectivity index (χ1) is 13.8. The second kappa shape index (κ2) is 10.7. The fourth-order valence-electron chi connectivity index (χ4n) is 2.73. The predicted octanol–water partition coefficient (Wildman–Crippen LogP) is 1.22. The van der Waals surface area contributed by atoms with E-state index in [0.717, 1.165) is 16.9 Å². The maximum atomic E-state index is 12.4. The molecule has 1 atom stereocenters. The third-order valence-electron chi connectivity index (χ3n) is 4.33. The van der Waals surface area contributed by atoms with Crippen LogP contribution in [-0.4, -0.2) is 44.7 Å². The van der Waals surface area contributed by atoms with Gasteiger partial charge in [0.1, 0.15) is 17.6 Å². The molecule has 0 spiro atoms. The van der Waals surface area contributed by atoms with Crippen molar-refractivity contribution in [1.29, 1.82) is 0 Å². The largest absolute Gasteiger partial charge is 0.460 e. The summed E-state index contributed by atoms with van der Waals surface area (Å²) in [5.41, 5.74) is 7.03. The number of esters is 1. The van der Waals surface area contributed by atoms with Gasteiger partial charge in [-0.2, -0.15) is 0 Å². The van der Waals surface area contributed by atoms with E-state index >= 15 is 0 Å². The summed E-state index contributed by atoms with van der Waals surface area (Å²) >= 11 is 0.968. The van der Waals surface area contributed by atoms with Gasteiger partial charge in [-0.05, 0) is 19.4 Å². The quantitative estimate of drug-likeness (QED) is 0.394. The smallest absolute Gasteiger partial charge is 0.341 e. The fourth-order valence-corrected chi connectivity index (χ4v) is 3.79. The molecule has 1 aromatic heterocycles. The number of nitrogens with one attached hydrogen (secondary N) is 1. The van der Waals surface area contributed by atoms with E-state index in [1.165, 1.54) is 7.11 Å². The summed E-state index contributed by atoms with van der Waals surface area (Å²) in [6.07, 6.45) is 0. The SMILES string of the molecule is COCCOC(=O)c1c(NC(=O)C[NH2+][C@H](C)c2ccccc2)sc(C(N)=O)c1C. The minimum absolute atomic E-state index is 0.0618. The Labute approximate surface area is 173 Å². The normalized spacial score (nSPS) is 11.7. The number of quaternary nitrogens is 1. The molecule has 0 aliphatic rings. The summed E-state index contributed by atoms with van der Waals surface area (Å²) in [5.74, 6) is -1.60. The van der Waals surface area contributed by atoms with Crippen molar-refractivity contribution in [3.8, 4) is 0 Å². The number of methoxy groups -OCH3 is 1. The van der Waals surface area contributed by atoms with Crippen molar-refractivity contribution in [2.75, 3.05) is 32.2 Å². The molecule has 0 aliphatic carbocycles. The molecule has 2 aromatic rings. The van der Waals surface area contributed by atoms with Gasteiger partial charge in [-0.25, -0.2) is 4.79 Å². The van der Waals surface area contributed by atoms with Crippen LogP contribution in [0.3, 0.4) is 0 Å². The molecule has 156 valence electrons. The maximum Gasteiger partial charge on any atom is 0.341 e. The molecule has 1 heterocycles. The average Bonchev–Trinajstić information content (AvgIpc) is 3.03. The predicted molar refractivity (Wildman–Crippen MR) is 110 cm³/mol. The van der Waals surface area contributed by atoms with Gasteiger partial charge in [0, 0.05) is 12.7 Å². The number of amides is 2. The van der Waals surface area contributed by atoms with E-state index in [2.05, 4.69) is 5.32 Å². The maximum absolute atomic E-state index is 12.4. The molecule has 0 saturated carbocycles. The lowest BCUT2D eigenvalue weighted by atomic mass is 10.1. The summed E-state index contributed by atoms with van der Waals surface area (Å²) in [6, 6.07) is 9.91. The van der Waals surface area contributed by atoms with Gasteiger partial charge in [0.2, 0.25) is 0 Å². The molecular formula is C20H26N3O5S+. The van der Waals surface area contributed by atoms with Crippen LogP contribution in [0.15, 0.2) is 30.3 Å². The number of nitrogens with two attached hydrogens (primary N) is 2. The van der Waals surface area contributed by atoms with E-state index in [-0.39, 0.29) is 47.1 Å². The second-order valence-corrected chi connectivity index (χ2v) is 7.46. The standard InChI is InChI=1S/C20H25N3O5S/c1-12-16(20(26)28-10-9-27-3)19(29-17(12)18(21)25)23-15(24)11-22-13(2)14-7-5-4-6-8-14/h4-8,13,22H,9-11H2,1-3H3,(H2,21,25)(H,23,24)/p+1/t13-/m1/s1. The number of hydrogen-bond donors (Lipinski definition) is 3. The van der Waals surface area contributed by atoms with E-state index in [1.807, 2.05) is 42.6 Å². The van der Waals surface area contributed by atoms with Gasteiger partial charge >= 0.3 is 5.97 Å². The highest BCUT2D eigenvalue weighted by Crippen LogP contribution is 2.33. The van der Waals surface area contributed by atoms with Crippen molar-refractivity contribution in [3.05, 3.63) is 51.9 Å². The molecule has 0 unspecified atom stereocenters. The van der Waals surface area contributed by atoms with E-state index in [1.54, 1.807) is 6.92 Å². The van der Waals surface area contributed by atoms with Gasteiger partial charge in [-0.1, -0.05) is 30.3 Å². The summed E-state index contributed by atoms with van der Waals surface area (Å²) in [5, 5.41) is 4.85. The Bertz CT molecular complexity index is 867. The lowest BCUT2D eigenvalue weighted by molar-refractivity contribution is -0.682. The number of rotatable bonds is 10. The Morgan fingerprint density at radius 2 is 1.90 bits per heavy atom. The molecule has 0 radical (unpaired) electrons. The number of benzene rings is 1. The molecule has 0 bridgehead atoms. The Kier molecular flexibility index (Phi) is 8.32. The number of carbonyl (C=O) groups excluding carboxylic acids is 3. The molecule has 2 amide bonds. The summed E-state index contributed by atoms with van der Waals surface area (Å²) in [7, 11) is 1.49. The third kappa shape index (κ3) is 6.11. The van der Waals surface area contributed by atoms with Crippen LogP contribution in [0.25, 0.3) is 0 Å². The number of carbonyl (C=O) groups is 3. The molecule has 5 N–H and O–H groups in total. The number of hydrogen-bond acceptors (Lipinski definition) is 6. The van der Waals surface area contributed by atoms with E-state index in [4.69, 9.17) is 15.2 Å². The van der Waals surface area contributed by atoms with Crippen LogP contribution < -0.4 is 16.4 Å². The van der Waals surface area contributed by atoms with E-state index in [0.29, 0.717) is 5.56 Å². The van der Waals surface area contributed by atoms with Crippen LogP contribution in [0.4, 0.5) is 5.00 Å². The van der Waals surface area contributed by atoms with Gasteiger partial charge in [-0.3, -0.25) is 9.59 Å². The zero-order valence-electron chi connectivity index (χ0n) is 16.7. The van der Waals surface area contributed by atoms with Crippen LogP contribution in [0.5, 0.6) is 0 Å². The van der Waals surface area contributed by atoms with Crippen LogP contribution in [-0.2, 0) is 14.3 Å². The van der Waals surface area contributed by atoms with Crippen molar-refractivity contribution in [3.63, 3.8) is 0 Å². The Hall–Kier alpha value is -2.75. The first kappa shape index (κ1) is 22.5. The first-order valence-corrected chi connectivity index (χ1v) is 9.94. The van der Waals surface area contributed by atoms with Gasteiger partial charge in [0.25, 0.3) is 11.8 Å². The molecule has 9 heteroatoms. The first-order valence-electron chi connectivity index (χ1n) is 9.12. The molecule has 2 rings (SSSR count). The molecule has 8 nitrogen and oxygen atoms in total. The molecule has 0 fully saturated rings. The van der Waals surface area contributed by atoms with Gasteiger partial charge in [-0.15, -0.1) is 11.3 Å². The van der Waals surface area contributed by atoms with Crippen LogP contribution in [0, 0.1) is 6.92 Å². The Balaban J connectivity index is 2.09. The van der Waals surface area contributed by atoms with Gasteiger partial charge < -0.3 is 25.8 Å². The monoisotopic (exact) mass is 420 g/mol. The molecule has 29 heavy (non-hydrogen) atoms. The summed E-state index contributed by atoms with van der Waals surface area (Å²) in [6.45, 7) is 4.06. The Morgan fingerprint density at radius 1 is 1.21 bits per heavy atom. The number of primary amides is 1. The molecule has 1 aromatic carbocycles. The number of thiophene rings is 1. The van der Waals surface area contributed by atoms with Gasteiger partial charge in [0.15, 0.2) is 6.54 Å². The van der Waals surface area contributed by atoms with Crippen molar-refractivity contribution in [2.45, 2.75) is 19.9 Å². The highest BCUT2D eigenvalue weighted by Gasteiger charge is 2.26. The van der Waals surface area contributed by atoms with E-state index in [9.17, 15) is 14.4 Å². The Morgan fingerprint density at radius 3 is 2.52 bits per heavy atom. The molecular weight excluding hydrogens is 394 g/mol. The van der Waals surface area contributed by atoms with Crippen LogP contribution >= 0.6 is 11.3 Å². The lowest BCUT2D eigenvalue weighted by Gasteiger charge is -2.11. The highest BCUT2D eigenvalue weighted by atomic mass is 32.1. The van der Waals surface area contributed by atoms with Crippen molar-refractivity contribution in [2.24, 2.45) is 5.73 Å². The topological polar surface area (TPSA) is 124 Å². The minimum Gasteiger partial charge on any atom is -0.460 e. The minimum atomic E-state index is -0.664.